The lowest BCUT2D eigenvalue weighted by Gasteiger charge is -2.07. The molecule has 0 bridgehead atoms. The van der Waals surface area contributed by atoms with Crippen molar-refractivity contribution in [3.05, 3.63) is 0 Å². The fourth-order valence-corrected chi connectivity index (χ4v) is 1.27. The maximum atomic E-state index is 11.2. The number of nitrogens with two attached hydrogens (primary N) is 1. The van der Waals surface area contributed by atoms with Crippen molar-refractivity contribution in [1.82, 2.24) is 5.32 Å². The molecule has 22 heavy (non-hydrogen) atoms. The van der Waals surface area contributed by atoms with E-state index >= 15 is 0 Å². The second-order valence-electron chi connectivity index (χ2n) is 4.28. The van der Waals surface area contributed by atoms with Gasteiger partial charge in [-0.2, -0.15) is 0 Å². The third kappa shape index (κ3) is 16.8. The van der Waals surface area contributed by atoms with Crippen molar-refractivity contribution in [2.45, 2.75) is 12.8 Å². The molecule has 0 saturated carbocycles. The Morgan fingerprint density at radius 2 is 1.59 bits per heavy atom. The molecule has 0 aliphatic carbocycles. The number of carbonyl (C=O) groups excluding carboxylic acids is 1. The molecule has 130 valence electrons. The Bertz CT molecular complexity index is 290. The Labute approximate surface area is 130 Å². The van der Waals surface area contributed by atoms with Crippen LogP contribution in [0, 0.1) is 0 Å². The van der Waals surface area contributed by atoms with Gasteiger partial charge in [0.25, 0.3) is 0 Å². The van der Waals surface area contributed by atoms with Crippen LogP contribution in [0.5, 0.6) is 0 Å². The van der Waals surface area contributed by atoms with Gasteiger partial charge in [0.15, 0.2) is 0 Å². The summed E-state index contributed by atoms with van der Waals surface area (Å²) in [4.78, 5) is 21.3. The number of nitrogens with one attached hydrogen (secondary N) is 1. The van der Waals surface area contributed by atoms with Gasteiger partial charge in [-0.05, 0) is 19.4 Å². The van der Waals surface area contributed by atoms with Gasteiger partial charge in [-0.25, -0.2) is 4.79 Å². The van der Waals surface area contributed by atoms with Crippen LogP contribution in [0.4, 0.5) is 0 Å². The molecule has 0 aliphatic heterocycles. The lowest BCUT2D eigenvalue weighted by molar-refractivity contribution is -0.143. The molecule has 0 aliphatic rings. The first-order valence-electron chi connectivity index (χ1n) is 7.16. The molecule has 0 spiro atoms. The number of ether oxygens (including phenoxy) is 4. The molecule has 0 saturated heterocycles. The lowest BCUT2D eigenvalue weighted by atomic mass is 10.4. The SMILES string of the molecule is NCCCOCCOCOCCCNC(=O)COCC(=O)O. The smallest absolute Gasteiger partial charge is 0.329 e. The van der Waals surface area contributed by atoms with Crippen molar-refractivity contribution in [2.24, 2.45) is 5.73 Å². The largest absolute Gasteiger partial charge is 0.480 e. The topological polar surface area (TPSA) is 129 Å². The molecule has 4 N–H and O–H groups in total. The number of carboxylic acid groups (broad SMARTS) is 1. The van der Waals surface area contributed by atoms with E-state index in [4.69, 9.17) is 25.1 Å². The zero-order chi connectivity index (χ0) is 16.5. The van der Waals surface area contributed by atoms with Gasteiger partial charge in [-0.3, -0.25) is 4.79 Å². The number of amides is 1. The Morgan fingerprint density at radius 1 is 0.909 bits per heavy atom. The minimum atomic E-state index is -1.11. The molecule has 0 rings (SSSR count). The number of rotatable bonds is 16. The minimum absolute atomic E-state index is 0.177. The van der Waals surface area contributed by atoms with Crippen LogP contribution in [0.15, 0.2) is 0 Å². The molecule has 0 unspecified atom stereocenters. The number of carboxylic acids is 1. The van der Waals surface area contributed by atoms with Gasteiger partial charge < -0.3 is 35.1 Å². The highest BCUT2D eigenvalue weighted by molar-refractivity contribution is 5.77. The highest BCUT2D eigenvalue weighted by Crippen LogP contribution is 1.86. The Hall–Kier alpha value is -1.26. The molecule has 0 aromatic carbocycles. The molecule has 0 aromatic heterocycles. The summed E-state index contributed by atoms with van der Waals surface area (Å²) in [6, 6.07) is 0. The van der Waals surface area contributed by atoms with Crippen molar-refractivity contribution < 1.29 is 33.6 Å². The van der Waals surface area contributed by atoms with Crippen molar-refractivity contribution in [3.63, 3.8) is 0 Å². The molecule has 9 nitrogen and oxygen atoms in total. The van der Waals surface area contributed by atoms with Gasteiger partial charge in [0, 0.05) is 13.2 Å². The average molecular weight is 322 g/mol. The fourth-order valence-electron chi connectivity index (χ4n) is 1.27. The fraction of sp³-hybridized carbons (Fsp3) is 0.846. The van der Waals surface area contributed by atoms with Crippen molar-refractivity contribution in [2.75, 3.05) is 59.5 Å². The van der Waals surface area contributed by atoms with E-state index < -0.39 is 12.6 Å². The Kier molecular flexibility index (Phi) is 15.2. The third-order valence-electron chi connectivity index (χ3n) is 2.28. The second kappa shape index (κ2) is 16.1. The first-order valence-corrected chi connectivity index (χ1v) is 7.16. The predicted molar refractivity (Wildman–Crippen MR) is 77.3 cm³/mol. The monoisotopic (exact) mass is 322 g/mol. The third-order valence-corrected chi connectivity index (χ3v) is 2.28. The molecular formula is C13H26N2O7. The van der Waals surface area contributed by atoms with Crippen molar-refractivity contribution in [1.29, 1.82) is 0 Å². The molecule has 0 fully saturated rings. The van der Waals surface area contributed by atoms with Crippen LogP contribution in [0.2, 0.25) is 0 Å². The number of aliphatic carboxylic acids is 1. The van der Waals surface area contributed by atoms with Gasteiger partial charge in [-0.15, -0.1) is 0 Å². The molecule has 0 radical (unpaired) electrons. The van der Waals surface area contributed by atoms with Crippen LogP contribution in [0.25, 0.3) is 0 Å². The summed E-state index contributed by atoms with van der Waals surface area (Å²) in [7, 11) is 0. The van der Waals surface area contributed by atoms with Crippen LogP contribution in [-0.2, 0) is 28.5 Å². The maximum Gasteiger partial charge on any atom is 0.329 e. The van der Waals surface area contributed by atoms with E-state index in [0.717, 1.165) is 6.42 Å². The van der Waals surface area contributed by atoms with Crippen LogP contribution in [0.1, 0.15) is 12.8 Å². The van der Waals surface area contributed by atoms with Gasteiger partial charge in [-0.1, -0.05) is 0 Å². The lowest BCUT2D eigenvalue weighted by Crippen LogP contribution is -2.30. The second-order valence-corrected chi connectivity index (χ2v) is 4.28. The van der Waals surface area contributed by atoms with Crippen molar-refractivity contribution in [3.8, 4) is 0 Å². The summed E-state index contributed by atoms with van der Waals surface area (Å²) in [5.41, 5.74) is 5.32. The standard InChI is InChI=1S/C13H26N2O7/c14-3-1-5-19-7-8-21-11-20-6-2-4-15-12(16)9-22-10-13(17)18/h1-11,14H2,(H,15,16)(H,17,18). The number of carbonyl (C=O) groups is 2. The van der Waals surface area contributed by atoms with Crippen molar-refractivity contribution >= 4 is 11.9 Å². The van der Waals surface area contributed by atoms with Gasteiger partial charge >= 0.3 is 5.97 Å². The summed E-state index contributed by atoms with van der Waals surface area (Å²) in [5, 5.41) is 10.9. The van der Waals surface area contributed by atoms with Crippen LogP contribution >= 0.6 is 0 Å². The molecule has 0 aromatic rings. The van der Waals surface area contributed by atoms with Gasteiger partial charge in [0.05, 0.1) is 19.8 Å². The van der Waals surface area contributed by atoms with E-state index in [1.54, 1.807) is 0 Å². The summed E-state index contributed by atoms with van der Waals surface area (Å²) in [6.45, 7) is 2.53. The number of hydrogen-bond acceptors (Lipinski definition) is 7. The Balaban J connectivity index is 3.13. The normalized spacial score (nSPS) is 10.6. The van der Waals surface area contributed by atoms with Crippen LogP contribution < -0.4 is 11.1 Å². The molecule has 1 amide bonds. The predicted octanol–water partition coefficient (Wildman–Crippen LogP) is -1.05. The van der Waals surface area contributed by atoms with E-state index in [1.165, 1.54) is 0 Å². The van der Waals surface area contributed by atoms with E-state index in [1.807, 2.05) is 0 Å². The first-order chi connectivity index (χ1) is 10.7. The maximum absolute atomic E-state index is 11.2. The highest BCUT2D eigenvalue weighted by atomic mass is 16.7. The summed E-state index contributed by atoms with van der Waals surface area (Å²) in [6.07, 6.45) is 1.46. The van der Waals surface area contributed by atoms with Gasteiger partial charge in [0.2, 0.25) is 5.91 Å². The quantitative estimate of drug-likeness (QED) is 0.242. The van der Waals surface area contributed by atoms with E-state index in [2.05, 4.69) is 10.1 Å². The first kappa shape index (κ1) is 20.7. The summed E-state index contributed by atoms with van der Waals surface area (Å²) >= 11 is 0. The molecule has 0 atom stereocenters. The van der Waals surface area contributed by atoms with E-state index in [9.17, 15) is 9.59 Å². The molecule has 0 heterocycles. The zero-order valence-electron chi connectivity index (χ0n) is 12.8. The van der Waals surface area contributed by atoms with E-state index in [-0.39, 0.29) is 19.3 Å². The summed E-state index contributed by atoms with van der Waals surface area (Å²) < 4.78 is 20.2. The van der Waals surface area contributed by atoms with Crippen LogP contribution in [0.3, 0.4) is 0 Å². The molecular weight excluding hydrogens is 296 g/mol. The Morgan fingerprint density at radius 3 is 2.32 bits per heavy atom. The minimum Gasteiger partial charge on any atom is -0.480 e. The average Bonchev–Trinajstić information content (AvgIpc) is 2.48. The van der Waals surface area contributed by atoms with Gasteiger partial charge in [0.1, 0.15) is 20.0 Å². The highest BCUT2D eigenvalue weighted by Gasteiger charge is 2.02. The zero-order valence-corrected chi connectivity index (χ0v) is 12.8. The number of hydrogen-bond donors (Lipinski definition) is 3. The van der Waals surface area contributed by atoms with E-state index in [0.29, 0.717) is 45.9 Å². The van der Waals surface area contributed by atoms with Crippen LogP contribution in [-0.4, -0.2) is 76.5 Å². The summed E-state index contributed by atoms with van der Waals surface area (Å²) in [5.74, 6) is -1.46. The molecule has 9 heteroatoms.